The van der Waals surface area contributed by atoms with Crippen molar-refractivity contribution in [3.8, 4) is 0 Å². The molecule has 0 spiro atoms. The number of carbonyl (C=O) groups excluding carboxylic acids is 1. The minimum absolute atomic E-state index is 0.0672. The summed E-state index contributed by atoms with van der Waals surface area (Å²) in [6.07, 6.45) is 1.97. The molecule has 0 rings (SSSR count). The quantitative estimate of drug-likeness (QED) is 0.743. The van der Waals surface area contributed by atoms with Gasteiger partial charge in [0.05, 0.1) is 5.41 Å². The number of hydrogen-bond donors (Lipinski definition) is 1. The molecule has 1 amide bonds. The number of rotatable bonds is 4. The lowest BCUT2D eigenvalue weighted by Crippen LogP contribution is -2.45. The maximum Gasteiger partial charge on any atom is 0.223 e. The van der Waals surface area contributed by atoms with E-state index in [9.17, 15) is 4.79 Å². The van der Waals surface area contributed by atoms with Crippen LogP contribution in [0.5, 0.6) is 0 Å². The van der Waals surface area contributed by atoms with Gasteiger partial charge in [-0.3, -0.25) is 4.79 Å². The van der Waals surface area contributed by atoms with E-state index in [1.54, 1.807) is 0 Å². The molecule has 0 aliphatic carbocycles. The van der Waals surface area contributed by atoms with Crippen LogP contribution in [0, 0.1) is 16.7 Å². The van der Waals surface area contributed by atoms with Gasteiger partial charge in [0.15, 0.2) is 0 Å². The highest BCUT2D eigenvalue weighted by Crippen LogP contribution is 2.43. The van der Waals surface area contributed by atoms with Crippen molar-refractivity contribution in [2.24, 2.45) is 22.5 Å². The summed E-state index contributed by atoms with van der Waals surface area (Å²) < 4.78 is 0. The van der Waals surface area contributed by atoms with Crippen LogP contribution in [0.3, 0.4) is 0 Å². The lowest BCUT2D eigenvalue weighted by molar-refractivity contribution is -0.134. The summed E-state index contributed by atoms with van der Waals surface area (Å²) in [6, 6.07) is 0. The van der Waals surface area contributed by atoms with Crippen molar-refractivity contribution in [2.75, 3.05) is 0 Å². The Labute approximate surface area is 88.3 Å². The Hall–Kier alpha value is -0.530. The van der Waals surface area contributed by atoms with Crippen LogP contribution in [0.1, 0.15) is 54.4 Å². The Balaban J connectivity index is 4.84. The van der Waals surface area contributed by atoms with Crippen LogP contribution in [0.15, 0.2) is 0 Å². The SMILES string of the molecule is CCC(C)CC(C)(C(N)=O)C(C)(C)C. The molecule has 84 valence electrons. The molecule has 2 N–H and O–H groups in total. The fourth-order valence-electron chi connectivity index (χ4n) is 1.62. The molecule has 0 fully saturated rings. The molecule has 0 radical (unpaired) electrons. The Morgan fingerprint density at radius 1 is 1.29 bits per heavy atom. The lowest BCUT2D eigenvalue weighted by atomic mass is 9.63. The zero-order valence-electron chi connectivity index (χ0n) is 10.5. The van der Waals surface area contributed by atoms with Crippen molar-refractivity contribution < 1.29 is 4.79 Å². The highest BCUT2D eigenvalue weighted by molar-refractivity contribution is 5.81. The van der Waals surface area contributed by atoms with Crippen LogP contribution in [0.2, 0.25) is 0 Å². The molecule has 0 aromatic rings. The Morgan fingerprint density at radius 3 is 1.93 bits per heavy atom. The first-order valence-corrected chi connectivity index (χ1v) is 5.45. The summed E-state index contributed by atoms with van der Waals surface area (Å²) in [5.41, 5.74) is 5.05. The van der Waals surface area contributed by atoms with Crippen molar-refractivity contribution in [2.45, 2.75) is 54.4 Å². The predicted molar refractivity (Wildman–Crippen MR) is 60.8 cm³/mol. The van der Waals surface area contributed by atoms with Crippen molar-refractivity contribution in [1.82, 2.24) is 0 Å². The smallest absolute Gasteiger partial charge is 0.223 e. The van der Waals surface area contributed by atoms with E-state index in [-0.39, 0.29) is 11.3 Å². The van der Waals surface area contributed by atoms with E-state index in [1.807, 2.05) is 6.92 Å². The Morgan fingerprint density at radius 2 is 1.71 bits per heavy atom. The molecular formula is C12H25NO. The van der Waals surface area contributed by atoms with Gasteiger partial charge >= 0.3 is 0 Å². The van der Waals surface area contributed by atoms with Gasteiger partial charge in [0, 0.05) is 0 Å². The molecule has 14 heavy (non-hydrogen) atoms. The summed E-state index contributed by atoms with van der Waals surface area (Å²) in [7, 11) is 0. The molecule has 0 bridgehead atoms. The first-order valence-electron chi connectivity index (χ1n) is 5.45. The molecular weight excluding hydrogens is 174 g/mol. The third-order valence-corrected chi connectivity index (χ3v) is 3.65. The second kappa shape index (κ2) is 4.33. The standard InChI is InChI=1S/C12H25NO/c1-7-9(2)8-12(6,10(13)14)11(3,4)5/h9H,7-8H2,1-6H3,(H2,13,14). The second-order valence-corrected chi connectivity index (χ2v) is 5.66. The molecule has 0 aliphatic rings. The number of nitrogens with two attached hydrogens (primary N) is 1. The number of carbonyl (C=O) groups is 1. The van der Waals surface area contributed by atoms with E-state index < -0.39 is 5.41 Å². The molecule has 0 heterocycles. The van der Waals surface area contributed by atoms with E-state index in [0.717, 1.165) is 12.8 Å². The van der Waals surface area contributed by atoms with Crippen LogP contribution in [0.25, 0.3) is 0 Å². The monoisotopic (exact) mass is 199 g/mol. The summed E-state index contributed by atoms with van der Waals surface area (Å²) in [5.74, 6) is 0.372. The van der Waals surface area contributed by atoms with Gasteiger partial charge in [-0.15, -0.1) is 0 Å². The number of primary amides is 1. The fourth-order valence-corrected chi connectivity index (χ4v) is 1.62. The van der Waals surface area contributed by atoms with Gasteiger partial charge in [-0.1, -0.05) is 48.0 Å². The molecule has 2 unspecified atom stereocenters. The molecule has 0 saturated heterocycles. The molecule has 2 atom stereocenters. The van der Waals surface area contributed by atoms with Crippen molar-refractivity contribution >= 4 is 5.91 Å². The van der Waals surface area contributed by atoms with E-state index >= 15 is 0 Å². The van der Waals surface area contributed by atoms with Crippen LogP contribution in [-0.4, -0.2) is 5.91 Å². The molecule has 0 aliphatic heterocycles. The average molecular weight is 199 g/mol. The minimum Gasteiger partial charge on any atom is -0.369 e. The van der Waals surface area contributed by atoms with Crippen LogP contribution >= 0.6 is 0 Å². The van der Waals surface area contributed by atoms with E-state index in [1.165, 1.54) is 0 Å². The number of hydrogen-bond acceptors (Lipinski definition) is 1. The summed E-state index contributed by atoms with van der Waals surface area (Å²) in [5, 5.41) is 0. The van der Waals surface area contributed by atoms with Gasteiger partial charge in [0.25, 0.3) is 0 Å². The highest BCUT2D eigenvalue weighted by atomic mass is 16.1. The zero-order chi connectivity index (χ0) is 11.6. The van der Waals surface area contributed by atoms with Crippen LogP contribution in [-0.2, 0) is 4.79 Å². The Kier molecular flexibility index (Phi) is 4.16. The lowest BCUT2D eigenvalue weighted by Gasteiger charge is -2.40. The van der Waals surface area contributed by atoms with Gasteiger partial charge in [0.2, 0.25) is 5.91 Å². The van der Waals surface area contributed by atoms with E-state index in [0.29, 0.717) is 5.92 Å². The summed E-state index contributed by atoms with van der Waals surface area (Å²) >= 11 is 0. The molecule has 0 aromatic carbocycles. The van der Waals surface area contributed by atoms with Gasteiger partial charge in [-0.25, -0.2) is 0 Å². The fraction of sp³-hybridized carbons (Fsp3) is 0.917. The van der Waals surface area contributed by atoms with Gasteiger partial charge in [-0.2, -0.15) is 0 Å². The third-order valence-electron chi connectivity index (χ3n) is 3.65. The maximum atomic E-state index is 11.5. The first kappa shape index (κ1) is 13.5. The van der Waals surface area contributed by atoms with Gasteiger partial charge in [-0.05, 0) is 17.8 Å². The second-order valence-electron chi connectivity index (χ2n) is 5.66. The van der Waals surface area contributed by atoms with Crippen molar-refractivity contribution in [3.63, 3.8) is 0 Å². The average Bonchev–Trinajstić information content (AvgIpc) is 2.01. The van der Waals surface area contributed by atoms with Crippen molar-refractivity contribution in [3.05, 3.63) is 0 Å². The topological polar surface area (TPSA) is 43.1 Å². The minimum atomic E-state index is -0.400. The van der Waals surface area contributed by atoms with E-state index in [2.05, 4.69) is 34.6 Å². The molecule has 2 heteroatoms. The van der Waals surface area contributed by atoms with E-state index in [4.69, 9.17) is 5.73 Å². The zero-order valence-corrected chi connectivity index (χ0v) is 10.5. The third kappa shape index (κ3) is 2.73. The maximum absolute atomic E-state index is 11.5. The number of amides is 1. The molecule has 2 nitrogen and oxygen atoms in total. The largest absolute Gasteiger partial charge is 0.369 e. The predicted octanol–water partition coefficient (Wildman–Crippen LogP) is 2.96. The van der Waals surface area contributed by atoms with Crippen LogP contribution in [0.4, 0.5) is 0 Å². The summed E-state index contributed by atoms with van der Waals surface area (Å²) in [4.78, 5) is 11.5. The molecule has 0 aromatic heterocycles. The molecule has 0 saturated carbocycles. The Bertz CT molecular complexity index is 205. The van der Waals surface area contributed by atoms with Gasteiger partial charge in [0.1, 0.15) is 0 Å². The first-order chi connectivity index (χ1) is 6.15. The van der Waals surface area contributed by atoms with Crippen molar-refractivity contribution in [1.29, 1.82) is 0 Å². The van der Waals surface area contributed by atoms with Crippen LogP contribution < -0.4 is 5.73 Å². The highest BCUT2D eigenvalue weighted by Gasteiger charge is 2.43. The van der Waals surface area contributed by atoms with Gasteiger partial charge < -0.3 is 5.73 Å². The normalized spacial score (nSPS) is 18.7. The summed E-state index contributed by atoms with van der Waals surface area (Å²) in [6.45, 7) is 12.6.